The van der Waals surface area contributed by atoms with Crippen molar-refractivity contribution in [1.29, 1.82) is 0 Å². The van der Waals surface area contributed by atoms with E-state index >= 15 is 0 Å². The van der Waals surface area contributed by atoms with Crippen LogP contribution >= 0.6 is 0 Å². The topological polar surface area (TPSA) is 0 Å². The maximum absolute atomic E-state index is 2.51. The number of rotatable bonds is 6. The summed E-state index contributed by atoms with van der Waals surface area (Å²) in [5.74, 6) is 3.18. The van der Waals surface area contributed by atoms with E-state index in [1.54, 1.807) is 0 Å². The van der Waals surface area contributed by atoms with Gasteiger partial charge in [-0.2, -0.15) is 0 Å². The van der Waals surface area contributed by atoms with Gasteiger partial charge in [-0.15, -0.1) is 0 Å². The van der Waals surface area contributed by atoms with E-state index in [1.807, 2.05) is 0 Å². The molecule has 0 aromatic rings. The van der Waals surface area contributed by atoms with E-state index in [0.29, 0.717) is 0 Å². The van der Waals surface area contributed by atoms with Gasteiger partial charge in [-0.1, -0.05) is 90.4 Å². The number of hydrogen-bond acceptors (Lipinski definition) is 0. The van der Waals surface area contributed by atoms with Crippen LogP contribution in [0.15, 0.2) is 0 Å². The Labute approximate surface area is 115 Å². The first-order valence-electron chi connectivity index (χ1n) is 8.84. The molecule has 0 aromatic carbocycles. The Morgan fingerprint density at radius 1 is 0.778 bits per heavy atom. The molecule has 0 heterocycles. The van der Waals surface area contributed by atoms with Crippen LogP contribution in [0.1, 0.15) is 96.8 Å². The van der Waals surface area contributed by atoms with E-state index in [2.05, 4.69) is 6.92 Å². The standard InChI is InChI=1S/C18H34/c1-16(15-18-12-6-3-7-13-18)9-8-14-17-10-4-2-5-11-17/h16-18H,2-15H2,1H3. The van der Waals surface area contributed by atoms with Gasteiger partial charge in [-0.05, 0) is 24.2 Å². The predicted octanol–water partition coefficient (Wildman–Crippen LogP) is 6.34. The molecule has 2 rings (SSSR count). The lowest BCUT2D eigenvalue weighted by molar-refractivity contribution is 0.274. The normalized spacial score (nSPS) is 25.2. The van der Waals surface area contributed by atoms with Crippen LogP contribution in [0.4, 0.5) is 0 Å². The van der Waals surface area contributed by atoms with Gasteiger partial charge in [0.15, 0.2) is 0 Å². The summed E-state index contributed by atoms with van der Waals surface area (Å²) < 4.78 is 0. The minimum Gasteiger partial charge on any atom is -0.0625 e. The van der Waals surface area contributed by atoms with Gasteiger partial charge in [0.2, 0.25) is 0 Å². The molecule has 106 valence electrons. The Morgan fingerprint density at radius 3 is 1.94 bits per heavy atom. The molecule has 2 aliphatic rings. The van der Waals surface area contributed by atoms with Crippen molar-refractivity contribution in [2.75, 3.05) is 0 Å². The molecule has 2 aliphatic carbocycles. The lowest BCUT2D eigenvalue weighted by atomic mass is 9.81. The Hall–Kier alpha value is 0. The summed E-state index contributed by atoms with van der Waals surface area (Å²) in [6.45, 7) is 2.51. The minimum absolute atomic E-state index is 0.997. The van der Waals surface area contributed by atoms with Crippen LogP contribution in [0.25, 0.3) is 0 Å². The lowest BCUT2D eigenvalue weighted by Crippen LogP contribution is -2.11. The zero-order valence-corrected chi connectivity index (χ0v) is 12.6. The van der Waals surface area contributed by atoms with Gasteiger partial charge >= 0.3 is 0 Å². The summed E-state index contributed by atoms with van der Waals surface area (Å²) in [6, 6.07) is 0. The average Bonchev–Trinajstić information content (AvgIpc) is 2.41. The smallest absolute Gasteiger partial charge is 0.0412 e. The summed E-state index contributed by atoms with van der Waals surface area (Å²) in [7, 11) is 0. The summed E-state index contributed by atoms with van der Waals surface area (Å²) >= 11 is 0. The van der Waals surface area contributed by atoms with Crippen molar-refractivity contribution in [2.24, 2.45) is 17.8 Å². The molecule has 0 aliphatic heterocycles. The molecule has 1 atom stereocenters. The molecular weight excluding hydrogens is 216 g/mol. The Balaban J connectivity index is 1.52. The molecule has 0 spiro atoms. The van der Waals surface area contributed by atoms with Gasteiger partial charge < -0.3 is 0 Å². The molecule has 0 N–H and O–H groups in total. The molecule has 0 nitrogen and oxygen atoms in total. The van der Waals surface area contributed by atoms with Crippen LogP contribution in [0, 0.1) is 17.8 Å². The molecule has 0 aromatic heterocycles. The van der Waals surface area contributed by atoms with Gasteiger partial charge in [0, 0.05) is 0 Å². The van der Waals surface area contributed by atoms with Crippen LogP contribution in [0.2, 0.25) is 0 Å². The Kier molecular flexibility index (Phi) is 6.59. The highest BCUT2D eigenvalue weighted by Gasteiger charge is 2.17. The first-order chi connectivity index (χ1) is 8.84. The van der Waals surface area contributed by atoms with Crippen LogP contribution in [0.3, 0.4) is 0 Å². The predicted molar refractivity (Wildman–Crippen MR) is 80.8 cm³/mol. The summed E-state index contributed by atoms with van der Waals surface area (Å²) in [4.78, 5) is 0. The molecule has 0 saturated heterocycles. The first kappa shape index (κ1) is 14.4. The summed E-state index contributed by atoms with van der Waals surface area (Å²) in [5, 5.41) is 0. The largest absolute Gasteiger partial charge is 0.0625 e. The van der Waals surface area contributed by atoms with Crippen molar-refractivity contribution in [3.63, 3.8) is 0 Å². The Morgan fingerprint density at radius 2 is 1.33 bits per heavy atom. The second-order valence-corrected chi connectivity index (χ2v) is 7.28. The molecule has 0 bridgehead atoms. The minimum atomic E-state index is 0.997. The fourth-order valence-corrected chi connectivity index (χ4v) is 4.34. The van der Waals surface area contributed by atoms with E-state index in [-0.39, 0.29) is 0 Å². The fourth-order valence-electron chi connectivity index (χ4n) is 4.34. The highest BCUT2D eigenvalue weighted by molar-refractivity contribution is 4.70. The monoisotopic (exact) mass is 250 g/mol. The summed E-state index contributed by atoms with van der Waals surface area (Å²) in [5.41, 5.74) is 0. The zero-order valence-electron chi connectivity index (χ0n) is 12.6. The maximum Gasteiger partial charge on any atom is -0.0412 e. The quantitative estimate of drug-likeness (QED) is 0.515. The van der Waals surface area contributed by atoms with Crippen molar-refractivity contribution in [1.82, 2.24) is 0 Å². The lowest BCUT2D eigenvalue weighted by Gasteiger charge is -2.25. The van der Waals surface area contributed by atoms with Crippen LogP contribution < -0.4 is 0 Å². The van der Waals surface area contributed by atoms with Crippen molar-refractivity contribution in [3.05, 3.63) is 0 Å². The zero-order chi connectivity index (χ0) is 12.6. The average molecular weight is 250 g/mol. The Bertz CT molecular complexity index is 196. The number of hydrogen-bond donors (Lipinski definition) is 0. The van der Waals surface area contributed by atoms with Crippen molar-refractivity contribution in [3.8, 4) is 0 Å². The van der Waals surface area contributed by atoms with Crippen molar-refractivity contribution in [2.45, 2.75) is 96.8 Å². The van der Waals surface area contributed by atoms with Crippen LogP contribution in [0.5, 0.6) is 0 Å². The third-order valence-electron chi connectivity index (χ3n) is 5.49. The fraction of sp³-hybridized carbons (Fsp3) is 1.00. The molecule has 2 fully saturated rings. The van der Waals surface area contributed by atoms with Crippen LogP contribution in [-0.4, -0.2) is 0 Å². The van der Waals surface area contributed by atoms with E-state index < -0.39 is 0 Å². The first-order valence-corrected chi connectivity index (χ1v) is 8.84. The molecule has 18 heavy (non-hydrogen) atoms. The maximum atomic E-state index is 2.51. The van der Waals surface area contributed by atoms with E-state index in [0.717, 1.165) is 17.8 Å². The molecule has 0 radical (unpaired) electrons. The van der Waals surface area contributed by atoms with E-state index in [9.17, 15) is 0 Å². The third kappa shape index (κ3) is 5.33. The molecule has 1 unspecified atom stereocenters. The van der Waals surface area contributed by atoms with Gasteiger partial charge in [0.05, 0.1) is 0 Å². The highest BCUT2D eigenvalue weighted by Crippen LogP contribution is 2.32. The molecule has 2 saturated carbocycles. The van der Waals surface area contributed by atoms with Crippen molar-refractivity contribution < 1.29 is 0 Å². The van der Waals surface area contributed by atoms with Crippen LogP contribution in [-0.2, 0) is 0 Å². The second kappa shape index (κ2) is 8.23. The van der Waals surface area contributed by atoms with Gasteiger partial charge in [-0.3, -0.25) is 0 Å². The van der Waals surface area contributed by atoms with Gasteiger partial charge in [0.25, 0.3) is 0 Å². The third-order valence-corrected chi connectivity index (χ3v) is 5.49. The van der Waals surface area contributed by atoms with E-state index in [4.69, 9.17) is 0 Å². The van der Waals surface area contributed by atoms with Crippen molar-refractivity contribution >= 4 is 0 Å². The second-order valence-electron chi connectivity index (χ2n) is 7.28. The highest BCUT2D eigenvalue weighted by atomic mass is 14.2. The van der Waals surface area contributed by atoms with E-state index in [1.165, 1.54) is 89.9 Å². The summed E-state index contributed by atoms with van der Waals surface area (Å²) in [6.07, 6.45) is 21.3. The van der Waals surface area contributed by atoms with Gasteiger partial charge in [-0.25, -0.2) is 0 Å². The SMILES string of the molecule is CC(CCCC1CCCCC1)CC1CCCCC1. The molecular formula is C18H34. The molecule has 0 heteroatoms. The molecule has 0 amide bonds. The van der Waals surface area contributed by atoms with Gasteiger partial charge in [0.1, 0.15) is 0 Å².